The lowest BCUT2D eigenvalue weighted by molar-refractivity contribution is -0.174. The van der Waals surface area contributed by atoms with E-state index in [1.807, 2.05) is 0 Å². The Bertz CT molecular complexity index is 858. The van der Waals surface area contributed by atoms with Gasteiger partial charge in [-0.15, -0.1) is 0 Å². The van der Waals surface area contributed by atoms with Crippen LogP contribution in [0.4, 0.5) is 22.7 Å². The van der Waals surface area contributed by atoms with Gasteiger partial charge in [0.25, 0.3) is 0 Å². The van der Waals surface area contributed by atoms with Crippen molar-refractivity contribution < 1.29 is 27.1 Å². The van der Waals surface area contributed by atoms with Gasteiger partial charge in [-0.3, -0.25) is 4.79 Å². The van der Waals surface area contributed by atoms with E-state index in [4.69, 9.17) is 4.74 Å². The number of carbonyl (C=O) groups is 1. The van der Waals surface area contributed by atoms with Crippen molar-refractivity contribution in [1.82, 2.24) is 14.7 Å². The number of methoxy groups -OCH3 is 1. The van der Waals surface area contributed by atoms with Gasteiger partial charge in [0.1, 0.15) is 5.82 Å². The minimum Gasteiger partial charge on any atom is -0.494 e. The summed E-state index contributed by atoms with van der Waals surface area (Å²) in [5.74, 6) is -2.51. The van der Waals surface area contributed by atoms with Crippen LogP contribution >= 0.6 is 11.5 Å². The standard InChI is InChI=1S/C17H18F4N4O2S/c1-9-22-16(28-24-9)25-6-5-11(10-3-4-14(27-2)12(18)7-10)13(8-25)23-15(26)17(19,20)21/h3-4,7,11,13H,5-6,8H2,1-2H3,(H,23,26). The first kappa shape index (κ1) is 20.3. The van der Waals surface area contributed by atoms with Crippen molar-refractivity contribution in [3.05, 3.63) is 35.4 Å². The number of ether oxygens (including phenoxy) is 1. The number of rotatable bonds is 4. The van der Waals surface area contributed by atoms with E-state index in [0.717, 1.165) is 11.5 Å². The Morgan fingerprint density at radius 3 is 2.71 bits per heavy atom. The highest BCUT2D eigenvalue weighted by molar-refractivity contribution is 7.09. The molecular formula is C17H18F4N4O2S. The van der Waals surface area contributed by atoms with Crippen LogP contribution < -0.4 is 15.0 Å². The molecule has 2 atom stereocenters. The monoisotopic (exact) mass is 418 g/mol. The summed E-state index contributed by atoms with van der Waals surface area (Å²) in [6.07, 6.45) is -4.59. The first-order valence-corrected chi connectivity index (χ1v) is 9.22. The summed E-state index contributed by atoms with van der Waals surface area (Å²) in [5.41, 5.74) is 0.499. The molecule has 1 fully saturated rings. The van der Waals surface area contributed by atoms with Gasteiger partial charge in [0.05, 0.1) is 13.2 Å². The third kappa shape index (κ3) is 4.34. The van der Waals surface area contributed by atoms with Gasteiger partial charge in [-0.25, -0.2) is 9.37 Å². The summed E-state index contributed by atoms with van der Waals surface area (Å²) in [4.78, 5) is 17.6. The number of carbonyl (C=O) groups excluding carboxylic acids is 1. The van der Waals surface area contributed by atoms with Crippen LogP contribution in [0.1, 0.15) is 23.7 Å². The maximum Gasteiger partial charge on any atom is 0.471 e. The molecule has 2 aromatic rings. The van der Waals surface area contributed by atoms with Gasteiger partial charge in [-0.1, -0.05) is 6.07 Å². The Labute approximate surface area is 162 Å². The Balaban J connectivity index is 1.87. The van der Waals surface area contributed by atoms with Crippen LogP contribution in [0.3, 0.4) is 0 Å². The van der Waals surface area contributed by atoms with E-state index in [1.54, 1.807) is 17.9 Å². The molecular weight excluding hydrogens is 400 g/mol. The van der Waals surface area contributed by atoms with Crippen molar-refractivity contribution in [3.8, 4) is 5.75 Å². The predicted octanol–water partition coefficient (Wildman–Crippen LogP) is 3.04. The number of anilines is 1. The smallest absolute Gasteiger partial charge is 0.471 e. The topological polar surface area (TPSA) is 67.3 Å². The number of aromatic nitrogens is 2. The number of alkyl halides is 3. The fourth-order valence-electron chi connectivity index (χ4n) is 3.25. The first-order valence-electron chi connectivity index (χ1n) is 8.45. The third-order valence-corrected chi connectivity index (χ3v) is 5.45. The summed E-state index contributed by atoms with van der Waals surface area (Å²) in [6.45, 7) is 2.32. The Hall–Kier alpha value is -2.43. The normalized spacial score (nSPS) is 20.1. The fourth-order valence-corrected chi connectivity index (χ4v) is 3.96. The van der Waals surface area contributed by atoms with Crippen LogP contribution in [-0.2, 0) is 4.79 Å². The highest BCUT2D eigenvalue weighted by atomic mass is 32.1. The average Bonchev–Trinajstić information content (AvgIpc) is 3.07. The summed E-state index contributed by atoms with van der Waals surface area (Å²) in [7, 11) is 1.33. The van der Waals surface area contributed by atoms with Crippen molar-refractivity contribution in [2.75, 3.05) is 25.1 Å². The van der Waals surface area contributed by atoms with Gasteiger partial charge in [0, 0.05) is 30.5 Å². The Morgan fingerprint density at radius 2 is 2.14 bits per heavy atom. The van der Waals surface area contributed by atoms with E-state index in [1.165, 1.54) is 19.2 Å². The minimum atomic E-state index is -5.00. The van der Waals surface area contributed by atoms with E-state index >= 15 is 0 Å². The highest BCUT2D eigenvalue weighted by Crippen LogP contribution is 2.34. The SMILES string of the molecule is COc1ccc(C2CCN(c3nc(C)ns3)CC2NC(=O)C(F)(F)F)cc1F. The molecule has 2 unspecified atom stereocenters. The Morgan fingerprint density at radius 1 is 1.39 bits per heavy atom. The zero-order valence-corrected chi connectivity index (χ0v) is 15.9. The van der Waals surface area contributed by atoms with Gasteiger partial charge in [-0.2, -0.15) is 17.5 Å². The quantitative estimate of drug-likeness (QED) is 0.774. The third-order valence-electron chi connectivity index (χ3n) is 4.58. The molecule has 0 saturated carbocycles. The lowest BCUT2D eigenvalue weighted by Crippen LogP contribution is -2.54. The molecule has 1 N–H and O–H groups in total. The molecule has 1 aromatic carbocycles. The molecule has 28 heavy (non-hydrogen) atoms. The maximum atomic E-state index is 14.1. The summed E-state index contributed by atoms with van der Waals surface area (Å²) in [6, 6.07) is 3.39. The number of hydrogen-bond acceptors (Lipinski definition) is 6. The van der Waals surface area contributed by atoms with E-state index in [2.05, 4.69) is 14.7 Å². The maximum absolute atomic E-state index is 14.1. The molecule has 11 heteroatoms. The first-order chi connectivity index (χ1) is 13.2. The number of piperidine rings is 1. The molecule has 6 nitrogen and oxygen atoms in total. The zero-order valence-electron chi connectivity index (χ0n) is 15.1. The second-order valence-corrected chi connectivity index (χ2v) is 7.17. The number of benzene rings is 1. The molecule has 1 aliphatic rings. The number of amides is 1. The van der Waals surface area contributed by atoms with Gasteiger partial charge < -0.3 is 15.0 Å². The molecule has 1 saturated heterocycles. The number of aryl methyl sites for hydroxylation is 1. The molecule has 1 aliphatic heterocycles. The van der Waals surface area contributed by atoms with Crippen LogP contribution in [0.5, 0.6) is 5.75 Å². The number of nitrogens with one attached hydrogen (secondary N) is 1. The zero-order chi connectivity index (χ0) is 20.5. The van der Waals surface area contributed by atoms with Gasteiger partial charge in [-0.05, 0) is 31.0 Å². The molecule has 2 heterocycles. The molecule has 1 aromatic heterocycles. The highest BCUT2D eigenvalue weighted by Gasteiger charge is 2.42. The molecule has 0 aliphatic carbocycles. The van der Waals surface area contributed by atoms with E-state index < -0.39 is 29.9 Å². The Kier molecular flexibility index (Phi) is 5.73. The van der Waals surface area contributed by atoms with Crippen LogP contribution in [-0.4, -0.2) is 47.7 Å². The van der Waals surface area contributed by atoms with Crippen molar-refractivity contribution in [2.45, 2.75) is 31.5 Å². The molecule has 1 amide bonds. The predicted molar refractivity (Wildman–Crippen MR) is 95.2 cm³/mol. The minimum absolute atomic E-state index is 0.0430. The van der Waals surface area contributed by atoms with E-state index in [0.29, 0.717) is 29.5 Å². The van der Waals surface area contributed by atoms with Gasteiger partial charge in [0.2, 0.25) is 5.13 Å². The van der Waals surface area contributed by atoms with Crippen LogP contribution in [0.2, 0.25) is 0 Å². The lowest BCUT2D eigenvalue weighted by atomic mass is 9.85. The molecule has 3 rings (SSSR count). The number of hydrogen-bond donors (Lipinski definition) is 1. The van der Waals surface area contributed by atoms with E-state index in [-0.39, 0.29) is 12.3 Å². The molecule has 0 radical (unpaired) electrons. The second kappa shape index (κ2) is 7.90. The molecule has 0 spiro atoms. The van der Waals surface area contributed by atoms with Gasteiger partial charge in [0.15, 0.2) is 11.6 Å². The average molecular weight is 418 g/mol. The number of halogens is 4. The summed E-state index contributed by atoms with van der Waals surface area (Å²) >= 11 is 1.14. The molecule has 152 valence electrons. The summed E-state index contributed by atoms with van der Waals surface area (Å²) < 4.78 is 61.5. The van der Waals surface area contributed by atoms with Crippen LogP contribution in [0.25, 0.3) is 0 Å². The van der Waals surface area contributed by atoms with Crippen molar-refractivity contribution in [3.63, 3.8) is 0 Å². The number of nitrogens with zero attached hydrogens (tertiary/aromatic N) is 3. The van der Waals surface area contributed by atoms with Crippen molar-refractivity contribution in [2.24, 2.45) is 0 Å². The fraction of sp³-hybridized carbons (Fsp3) is 0.471. The van der Waals surface area contributed by atoms with Gasteiger partial charge >= 0.3 is 12.1 Å². The van der Waals surface area contributed by atoms with Crippen LogP contribution in [0, 0.1) is 12.7 Å². The lowest BCUT2D eigenvalue weighted by Gasteiger charge is -2.39. The second-order valence-electron chi connectivity index (χ2n) is 6.44. The largest absolute Gasteiger partial charge is 0.494 e. The van der Waals surface area contributed by atoms with Crippen molar-refractivity contribution >= 4 is 22.6 Å². The van der Waals surface area contributed by atoms with Crippen molar-refractivity contribution in [1.29, 1.82) is 0 Å². The summed E-state index contributed by atoms with van der Waals surface area (Å²) in [5, 5.41) is 2.63. The van der Waals surface area contributed by atoms with E-state index in [9.17, 15) is 22.4 Å². The molecule has 0 bridgehead atoms. The van der Waals surface area contributed by atoms with Crippen LogP contribution in [0.15, 0.2) is 18.2 Å².